The lowest BCUT2D eigenvalue weighted by Gasteiger charge is -2.40. The van der Waals surface area contributed by atoms with E-state index in [4.69, 9.17) is 24.1 Å². The molecule has 0 aromatic heterocycles. The number of aliphatic hydroxyl groups is 7. The van der Waals surface area contributed by atoms with Gasteiger partial charge in [0.2, 0.25) is 0 Å². The van der Waals surface area contributed by atoms with E-state index in [1.54, 1.807) is 12.2 Å². The molecule has 2 aliphatic rings. The maximum Gasteiger partial charge on any atom is 0.186 e. The molecule has 0 amide bonds. The molecule has 0 unspecified atom stereocenters. The Balaban J connectivity index is 1.84. The topological polar surface area (TPSA) is 179 Å². The van der Waals surface area contributed by atoms with Crippen molar-refractivity contribution >= 4 is 0 Å². The van der Waals surface area contributed by atoms with Crippen LogP contribution in [0.15, 0.2) is 12.2 Å². The number of hydrogen-bond acceptors (Lipinski definition) is 11. The highest BCUT2D eigenvalue weighted by Gasteiger charge is 2.50. The molecular formula is C21H30O11. The molecule has 0 spiro atoms. The Labute approximate surface area is 185 Å². The minimum atomic E-state index is -1.87. The fourth-order valence-corrected chi connectivity index (χ4v) is 2.96. The molecule has 9 atom stereocenters. The largest absolute Gasteiger partial charge is 0.393 e. The van der Waals surface area contributed by atoms with Crippen molar-refractivity contribution in [2.75, 3.05) is 26.4 Å². The molecule has 2 rings (SSSR count). The molecular weight excluding hydrogens is 428 g/mol. The number of allylic oxidation sites excluding steroid dienone is 2. The van der Waals surface area contributed by atoms with Crippen molar-refractivity contribution in [2.24, 2.45) is 0 Å². The second-order valence-corrected chi connectivity index (χ2v) is 7.45. The van der Waals surface area contributed by atoms with Gasteiger partial charge in [0.25, 0.3) is 0 Å². The van der Waals surface area contributed by atoms with Crippen LogP contribution in [0.25, 0.3) is 0 Å². The summed E-state index contributed by atoms with van der Waals surface area (Å²) in [6.07, 6.45) is -7.65. The molecule has 11 nitrogen and oxygen atoms in total. The molecule has 2 saturated heterocycles. The predicted octanol–water partition coefficient (Wildman–Crippen LogP) is -3.40. The fraction of sp³-hybridized carbons (Fsp3) is 0.714. The normalized spacial score (nSPS) is 38.1. The van der Waals surface area contributed by atoms with Crippen LogP contribution < -0.4 is 0 Å². The van der Waals surface area contributed by atoms with Gasteiger partial charge in [0.1, 0.15) is 42.2 Å². The average Bonchev–Trinajstić information content (AvgIpc) is 3.07. The first kappa shape index (κ1) is 26.7. The van der Waals surface area contributed by atoms with E-state index in [1.165, 1.54) is 0 Å². The minimum Gasteiger partial charge on any atom is -0.393 e. The van der Waals surface area contributed by atoms with Gasteiger partial charge in [0, 0.05) is 6.42 Å². The monoisotopic (exact) mass is 458 g/mol. The van der Waals surface area contributed by atoms with Crippen LogP contribution in [0, 0.1) is 23.7 Å². The Morgan fingerprint density at radius 2 is 1.84 bits per heavy atom. The summed E-state index contributed by atoms with van der Waals surface area (Å²) in [5.74, 6) is 10.2. The van der Waals surface area contributed by atoms with E-state index in [-0.39, 0.29) is 26.2 Å². The SMILES string of the molecule is C/C=C/C#CC#C[C@H](O)CCO[C@@H]1O[C@H](CO[C@@H]2OC[C@](O)(CO)[C@H]2O)[C@@H](O)[C@H](O)[C@H]1O. The van der Waals surface area contributed by atoms with Crippen LogP contribution in [0.2, 0.25) is 0 Å². The van der Waals surface area contributed by atoms with Crippen LogP contribution >= 0.6 is 0 Å². The Bertz CT molecular complexity index is 735. The van der Waals surface area contributed by atoms with Crippen molar-refractivity contribution < 1.29 is 54.7 Å². The van der Waals surface area contributed by atoms with E-state index in [0.717, 1.165) is 0 Å². The highest BCUT2D eigenvalue weighted by molar-refractivity contribution is 5.31. The summed E-state index contributed by atoms with van der Waals surface area (Å²) in [6.45, 7) is 0.251. The van der Waals surface area contributed by atoms with Gasteiger partial charge in [-0.1, -0.05) is 17.9 Å². The molecule has 180 valence electrons. The second-order valence-electron chi connectivity index (χ2n) is 7.45. The molecule has 0 saturated carbocycles. The van der Waals surface area contributed by atoms with E-state index in [9.17, 15) is 30.6 Å². The molecule has 7 N–H and O–H groups in total. The summed E-state index contributed by atoms with van der Waals surface area (Å²) >= 11 is 0. The van der Waals surface area contributed by atoms with Crippen LogP contribution in [-0.2, 0) is 18.9 Å². The minimum absolute atomic E-state index is 0.0759. The number of hydrogen-bond donors (Lipinski definition) is 7. The lowest BCUT2D eigenvalue weighted by atomic mass is 9.99. The summed E-state index contributed by atoms with van der Waals surface area (Å²) in [7, 11) is 0. The number of aliphatic hydroxyl groups excluding tert-OH is 6. The zero-order chi connectivity index (χ0) is 23.7. The standard InChI is InChI=1S/C21H30O11/c1-2-3-4-5-6-7-13(23)8-9-29-19-17(26)16(25)15(24)14(32-19)10-30-20-18(27)21(28,11-22)12-31-20/h2-3,13-20,22-28H,8-12H2,1H3/b3-2+/t13-,14+,15+,16-,17+,18-,19+,20+,21+/m0/s1. The molecule has 2 aliphatic heterocycles. The third-order valence-electron chi connectivity index (χ3n) is 4.97. The Hall–Kier alpha value is -1.58. The van der Waals surface area contributed by atoms with Gasteiger partial charge in [-0.25, -0.2) is 0 Å². The lowest BCUT2D eigenvalue weighted by molar-refractivity contribution is -0.310. The van der Waals surface area contributed by atoms with Crippen molar-refractivity contribution in [3.63, 3.8) is 0 Å². The molecule has 2 fully saturated rings. The summed E-state index contributed by atoms with van der Waals surface area (Å²) in [4.78, 5) is 0. The summed E-state index contributed by atoms with van der Waals surface area (Å²) < 4.78 is 21.3. The van der Waals surface area contributed by atoms with Gasteiger partial charge in [-0.05, 0) is 24.8 Å². The van der Waals surface area contributed by atoms with E-state index in [0.29, 0.717) is 0 Å². The van der Waals surface area contributed by atoms with Gasteiger partial charge < -0.3 is 54.7 Å². The molecule has 32 heavy (non-hydrogen) atoms. The highest BCUT2D eigenvalue weighted by atomic mass is 16.7. The van der Waals surface area contributed by atoms with Crippen LogP contribution in [0.1, 0.15) is 13.3 Å². The van der Waals surface area contributed by atoms with Crippen molar-refractivity contribution in [2.45, 2.75) is 68.1 Å². The van der Waals surface area contributed by atoms with Gasteiger partial charge >= 0.3 is 0 Å². The Morgan fingerprint density at radius 1 is 1.09 bits per heavy atom. The third kappa shape index (κ3) is 6.96. The van der Waals surface area contributed by atoms with E-state index in [1.807, 2.05) is 6.92 Å². The van der Waals surface area contributed by atoms with Crippen molar-refractivity contribution in [3.05, 3.63) is 12.2 Å². The van der Waals surface area contributed by atoms with Gasteiger partial charge in [-0.15, -0.1) is 0 Å². The predicted molar refractivity (Wildman–Crippen MR) is 107 cm³/mol. The van der Waals surface area contributed by atoms with Crippen LogP contribution in [0.5, 0.6) is 0 Å². The molecule has 0 aliphatic carbocycles. The lowest BCUT2D eigenvalue weighted by Crippen LogP contribution is -2.59. The summed E-state index contributed by atoms with van der Waals surface area (Å²) in [6, 6.07) is 0. The first-order valence-electron chi connectivity index (χ1n) is 10.1. The highest BCUT2D eigenvalue weighted by Crippen LogP contribution is 2.27. The summed E-state index contributed by atoms with van der Waals surface area (Å²) in [5.41, 5.74) is -1.87. The molecule has 2 heterocycles. The van der Waals surface area contributed by atoms with Crippen LogP contribution in [-0.4, -0.2) is 117 Å². The first-order chi connectivity index (χ1) is 15.2. The second kappa shape index (κ2) is 12.6. The van der Waals surface area contributed by atoms with Crippen molar-refractivity contribution in [3.8, 4) is 23.7 Å². The van der Waals surface area contributed by atoms with E-state index >= 15 is 0 Å². The first-order valence-corrected chi connectivity index (χ1v) is 10.1. The van der Waals surface area contributed by atoms with Crippen LogP contribution in [0.3, 0.4) is 0 Å². The smallest absolute Gasteiger partial charge is 0.186 e. The maximum absolute atomic E-state index is 10.1. The Kier molecular flexibility index (Phi) is 10.5. The Morgan fingerprint density at radius 3 is 2.50 bits per heavy atom. The van der Waals surface area contributed by atoms with Gasteiger partial charge in [0.05, 0.1) is 26.4 Å². The quantitative estimate of drug-likeness (QED) is 0.180. The number of ether oxygens (including phenoxy) is 4. The molecule has 0 radical (unpaired) electrons. The molecule has 0 aromatic carbocycles. The van der Waals surface area contributed by atoms with Gasteiger partial charge in [0.15, 0.2) is 12.6 Å². The van der Waals surface area contributed by atoms with Crippen molar-refractivity contribution in [1.82, 2.24) is 0 Å². The average molecular weight is 458 g/mol. The molecule has 0 aromatic rings. The van der Waals surface area contributed by atoms with E-state index < -0.39 is 61.4 Å². The zero-order valence-corrected chi connectivity index (χ0v) is 17.6. The van der Waals surface area contributed by atoms with Gasteiger partial charge in [-0.3, -0.25) is 0 Å². The number of rotatable bonds is 8. The van der Waals surface area contributed by atoms with Crippen LogP contribution in [0.4, 0.5) is 0 Å². The summed E-state index contributed by atoms with van der Waals surface area (Å²) in [5, 5.41) is 69.3. The molecule has 0 bridgehead atoms. The van der Waals surface area contributed by atoms with E-state index in [2.05, 4.69) is 23.7 Å². The fourth-order valence-electron chi connectivity index (χ4n) is 2.96. The molecule has 11 heteroatoms. The van der Waals surface area contributed by atoms with Crippen molar-refractivity contribution in [1.29, 1.82) is 0 Å². The van der Waals surface area contributed by atoms with Gasteiger partial charge in [-0.2, -0.15) is 0 Å². The zero-order valence-electron chi connectivity index (χ0n) is 17.6. The third-order valence-corrected chi connectivity index (χ3v) is 4.97. The maximum atomic E-state index is 10.1.